The molecule has 0 aromatic rings. The molecule has 0 saturated heterocycles. The topological polar surface area (TPSA) is 147 Å². The molecule has 2 N–H and O–H groups in total. The van der Waals surface area contributed by atoms with Gasteiger partial charge in [0.2, 0.25) is 0 Å². The van der Waals surface area contributed by atoms with Crippen LogP contribution in [0.1, 0.15) is 27.2 Å². The van der Waals surface area contributed by atoms with E-state index in [1.54, 1.807) is 0 Å². The summed E-state index contributed by atoms with van der Waals surface area (Å²) < 4.78 is 44.7. The third-order valence-electron chi connectivity index (χ3n) is 3.83. The molecule has 0 aromatic carbocycles. The molecule has 0 saturated carbocycles. The molecular formula is C19H31NO10S. The maximum Gasteiger partial charge on any atom is 0.408 e. The van der Waals surface area contributed by atoms with Crippen LogP contribution in [0.2, 0.25) is 0 Å². The van der Waals surface area contributed by atoms with Crippen molar-refractivity contribution in [1.29, 1.82) is 0 Å². The number of hydrogen-bond donors (Lipinski definition) is 2. The Balaban J connectivity index is 5.07. The first-order valence-corrected chi connectivity index (χ1v) is 10.5. The Morgan fingerprint density at radius 3 is 2.10 bits per heavy atom. The summed E-state index contributed by atoms with van der Waals surface area (Å²) in [6.07, 6.45) is 0.776. The summed E-state index contributed by atoms with van der Waals surface area (Å²) in [4.78, 5) is 35.1. The molecular weight excluding hydrogens is 434 g/mol. The highest BCUT2D eigenvalue weighted by Gasteiger charge is 2.32. The van der Waals surface area contributed by atoms with Gasteiger partial charge in [0.15, 0.2) is 6.10 Å². The van der Waals surface area contributed by atoms with E-state index < -0.39 is 47.6 Å². The predicted octanol–water partition coefficient (Wildman–Crippen LogP) is 1.51. The first-order valence-electron chi connectivity index (χ1n) is 9.44. The molecule has 12 heteroatoms. The summed E-state index contributed by atoms with van der Waals surface area (Å²) in [7, 11) is 0. The van der Waals surface area contributed by atoms with Crippen LogP contribution in [-0.4, -0.2) is 71.5 Å². The van der Waals surface area contributed by atoms with Crippen LogP contribution >= 0.6 is 0 Å². The quantitative estimate of drug-likeness (QED) is 0.149. The van der Waals surface area contributed by atoms with Gasteiger partial charge in [0, 0.05) is 18.8 Å². The first-order chi connectivity index (χ1) is 14.5. The van der Waals surface area contributed by atoms with Gasteiger partial charge in [-0.1, -0.05) is 33.4 Å². The highest BCUT2D eigenvalue weighted by Crippen LogP contribution is 2.09. The number of carbonyl (C=O) groups is 3. The van der Waals surface area contributed by atoms with Gasteiger partial charge < -0.3 is 24.3 Å². The van der Waals surface area contributed by atoms with Crippen LogP contribution in [0.15, 0.2) is 25.3 Å². The number of alkyl carbamates (subject to hydrolysis) is 1. The maximum absolute atomic E-state index is 12.4. The molecule has 0 spiro atoms. The second-order valence-electron chi connectivity index (χ2n) is 6.89. The van der Waals surface area contributed by atoms with Crippen LogP contribution in [0.4, 0.5) is 4.79 Å². The van der Waals surface area contributed by atoms with Crippen LogP contribution in [0.3, 0.4) is 0 Å². The molecule has 0 rings (SSSR count). The highest BCUT2D eigenvalue weighted by molar-refractivity contribution is 7.74. The lowest BCUT2D eigenvalue weighted by atomic mass is 10.1. The van der Waals surface area contributed by atoms with Crippen molar-refractivity contribution < 1.29 is 46.3 Å². The molecule has 0 aliphatic rings. The summed E-state index contributed by atoms with van der Waals surface area (Å²) in [6, 6.07) is 0. The lowest BCUT2D eigenvalue weighted by molar-refractivity contribution is -0.144. The molecule has 0 aromatic heterocycles. The van der Waals surface area contributed by atoms with Gasteiger partial charge >= 0.3 is 29.4 Å². The van der Waals surface area contributed by atoms with E-state index in [1.807, 2.05) is 13.8 Å². The molecule has 0 aliphatic carbocycles. The zero-order valence-electron chi connectivity index (χ0n) is 18.0. The van der Waals surface area contributed by atoms with Gasteiger partial charge in [0.1, 0.15) is 25.4 Å². The first kappa shape index (κ1) is 28.7. The molecule has 1 amide bonds. The van der Waals surface area contributed by atoms with Crippen molar-refractivity contribution in [3.8, 4) is 0 Å². The number of carbonyl (C=O) groups excluding carboxylic acids is 3. The van der Waals surface area contributed by atoms with Crippen molar-refractivity contribution in [1.82, 2.24) is 5.32 Å². The van der Waals surface area contributed by atoms with Gasteiger partial charge in [0.25, 0.3) is 0 Å². The van der Waals surface area contributed by atoms with Gasteiger partial charge in [-0.3, -0.25) is 8.74 Å². The molecule has 11 nitrogen and oxygen atoms in total. The van der Waals surface area contributed by atoms with Crippen molar-refractivity contribution >= 4 is 29.4 Å². The third kappa shape index (κ3) is 14.4. The highest BCUT2D eigenvalue weighted by atomic mass is 32.2. The van der Waals surface area contributed by atoms with E-state index in [0.29, 0.717) is 6.61 Å². The van der Waals surface area contributed by atoms with E-state index in [4.69, 9.17) is 23.5 Å². The largest absolute Gasteiger partial charge is 0.460 e. The Morgan fingerprint density at radius 2 is 1.65 bits per heavy atom. The Morgan fingerprint density at radius 1 is 1.10 bits per heavy atom. The zero-order chi connectivity index (χ0) is 23.9. The van der Waals surface area contributed by atoms with Crippen molar-refractivity contribution in [2.45, 2.75) is 38.8 Å². The molecule has 3 unspecified atom stereocenters. The normalized spacial score (nSPS) is 13.9. The van der Waals surface area contributed by atoms with Crippen molar-refractivity contribution in [3.05, 3.63) is 25.3 Å². The van der Waals surface area contributed by atoms with Crippen molar-refractivity contribution in [2.24, 2.45) is 5.92 Å². The van der Waals surface area contributed by atoms with E-state index in [2.05, 4.69) is 22.7 Å². The fourth-order valence-electron chi connectivity index (χ4n) is 1.89. The molecule has 0 heterocycles. The average molecular weight is 466 g/mol. The third-order valence-corrected chi connectivity index (χ3v) is 4.17. The van der Waals surface area contributed by atoms with Gasteiger partial charge in [-0.2, -0.15) is 4.21 Å². The van der Waals surface area contributed by atoms with Gasteiger partial charge in [-0.15, -0.1) is 0 Å². The Labute approximate surface area is 184 Å². The number of hydrogen-bond acceptors (Lipinski definition) is 9. The Hall–Kier alpha value is -2.28. The minimum absolute atomic E-state index is 0.0808. The Kier molecular flexibility index (Phi) is 14.4. The maximum atomic E-state index is 12.4. The molecule has 178 valence electrons. The summed E-state index contributed by atoms with van der Waals surface area (Å²) >= 11 is -2.56. The van der Waals surface area contributed by atoms with Crippen molar-refractivity contribution in [2.75, 3.05) is 33.0 Å². The average Bonchev–Trinajstić information content (AvgIpc) is 2.73. The van der Waals surface area contributed by atoms with Gasteiger partial charge in [-0.05, 0) is 12.8 Å². The minimum Gasteiger partial charge on any atom is -0.460 e. The SMILES string of the molecule is C=CC(=O)OCC(C)(COC(=O)C=C)NC(=O)OC(COCC(C)CC)COS(=O)O. The van der Waals surface area contributed by atoms with Gasteiger partial charge in [0.05, 0.1) is 6.61 Å². The number of rotatable bonds is 16. The van der Waals surface area contributed by atoms with Crippen LogP contribution in [-0.2, 0) is 44.1 Å². The van der Waals surface area contributed by atoms with Crippen molar-refractivity contribution in [3.63, 3.8) is 0 Å². The van der Waals surface area contributed by atoms with Crippen LogP contribution < -0.4 is 5.32 Å². The second kappa shape index (κ2) is 15.5. The van der Waals surface area contributed by atoms with E-state index >= 15 is 0 Å². The van der Waals surface area contributed by atoms with E-state index in [-0.39, 0.29) is 25.7 Å². The number of amides is 1. The Bertz CT molecular complexity index is 615. The summed E-state index contributed by atoms with van der Waals surface area (Å²) in [5.74, 6) is -1.22. The molecule has 0 aliphatic heterocycles. The van der Waals surface area contributed by atoms with Gasteiger partial charge in [-0.25, -0.2) is 14.4 Å². The monoisotopic (exact) mass is 465 g/mol. The van der Waals surface area contributed by atoms with Crippen LogP contribution in [0, 0.1) is 5.92 Å². The standard InChI is InChI=1S/C19H31NO10S/c1-6-14(4)9-26-10-15(11-29-31(24)25)30-18(23)20-19(5,12-27-16(21)7-2)13-28-17(22)8-3/h7-8,14-15H,2-3,6,9-13H2,1,4-5H3,(H,20,23)(H,24,25). The fourth-order valence-corrected chi connectivity index (χ4v) is 2.16. The fraction of sp³-hybridized carbons (Fsp3) is 0.632. The molecule has 3 atom stereocenters. The second-order valence-corrected chi connectivity index (χ2v) is 7.56. The lowest BCUT2D eigenvalue weighted by Crippen LogP contribution is -2.54. The summed E-state index contributed by atoms with van der Waals surface area (Å²) in [5, 5.41) is 2.45. The van der Waals surface area contributed by atoms with Crippen LogP contribution in [0.5, 0.6) is 0 Å². The van der Waals surface area contributed by atoms with E-state index in [0.717, 1.165) is 18.6 Å². The molecule has 0 radical (unpaired) electrons. The van der Waals surface area contributed by atoms with Crippen LogP contribution in [0.25, 0.3) is 0 Å². The molecule has 31 heavy (non-hydrogen) atoms. The predicted molar refractivity (Wildman–Crippen MR) is 111 cm³/mol. The number of nitrogens with one attached hydrogen (secondary N) is 1. The minimum atomic E-state index is -2.56. The summed E-state index contributed by atoms with van der Waals surface area (Å²) in [6.45, 7) is 11.2. The van der Waals surface area contributed by atoms with E-state index in [9.17, 15) is 18.6 Å². The zero-order valence-corrected chi connectivity index (χ0v) is 18.8. The number of ether oxygens (including phenoxy) is 4. The summed E-state index contributed by atoms with van der Waals surface area (Å²) in [5.41, 5.74) is -1.35. The number of esters is 2. The molecule has 0 fully saturated rings. The lowest BCUT2D eigenvalue weighted by Gasteiger charge is -2.30. The molecule has 0 bridgehead atoms. The smallest absolute Gasteiger partial charge is 0.408 e. The van der Waals surface area contributed by atoms with E-state index in [1.165, 1.54) is 6.92 Å².